The van der Waals surface area contributed by atoms with Crippen molar-refractivity contribution in [3.63, 3.8) is 0 Å². The van der Waals surface area contributed by atoms with Crippen LogP contribution in [0.5, 0.6) is 5.75 Å². The maximum absolute atomic E-state index is 12.8. The van der Waals surface area contributed by atoms with Crippen molar-refractivity contribution in [1.82, 2.24) is 19.4 Å². The van der Waals surface area contributed by atoms with Gasteiger partial charge in [0.15, 0.2) is 0 Å². The van der Waals surface area contributed by atoms with Crippen LogP contribution in [-0.2, 0) is 32.8 Å². The summed E-state index contributed by atoms with van der Waals surface area (Å²) >= 11 is 0. The molecule has 34 heavy (non-hydrogen) atoms. The van der Waals surface area contributed by atoms with Gasteiger partial charge in [0.2, 0.25) is 0 Å². The topological polar surface area (TPSA) is 61.1 Å². The van der Waals surface area contributed by atoms with Crippen molar-refractivity contribution in [1.29, 1.82) is 0 Å². The summed E-state index contributed by atoms with van der Waals surface area (Å²) < 4.78 is 47.2. The molecule has 4 heterocycles. The van der Waals surface area contributed by atoms with E-state index in [1.807, 2.05) is 25.2 Å². The molecule has 10 heteroatoms. The Morgan fingerprint density at radius 1 is 1.15 bits per heavy atom. The molecule has 1 aliphatic heterocycles. The van der Waals surface area contributed by atoms with E-state index in [4.69, 9.17) is 4.74 Å². The van der Waals surface area contributed by atoms with Gasteiger partial charge in [-0.2, -0.15) is 13.2 Å². The van der Waals surface area contributed by atoms with Crippen LogP contribution in [0.3, 0.4) is 0 Å². The minimum Gasteiger partial charge on any atom is -0.489 e. The van der Waals surface area contributed by atoms with Gasteiger partial charge in [-0.1, -0.05) is 12.1 Å². The number of aryl methyl sites for hydroxylation is 1. The third-order valence-electron chi connectivity index (χ3n) is 5.95. The fraction of sp³-hybridized carbons (Fsp3) is 0.250. The molecule has 0 fully saturated rings. The third-order valence-corrected chi connectivity index (χ3v) is 5.95. The zero-order chi connectivity index (χ0) is 23.2. The summed E-state index contributed by atoms with van der Waals surface area (Å²) in [5.74, 6) is 0.331. The Hall–Kier alpha value is -3.30. The molecule has 5 rings (SSSR count). The first-order valence-corrected chi connectivity index (χ1v) is 10.5. The van der Waals surface area contributed by atoms with Crippen LogP contribution in [0.15, 0.2) is 59.7 Å². The molecule has 0 unspecified atom stereocenters. The van der Waals surface area contributed by atoms with Crippen LogP contribution in [0.1, 0.15) is 22.5 Å². The molecular weight excluding hydrogens is 469 g/mol. The molecule has 0 amide bonds. The van der Waals surface area contributed by atoms with Gasteiger partial charge in [0, 0.05) is 61.7 Å². The van der Waals surface area contributed by atoms with Crippen molar-refractivity contribution in [2.75, 3.05) is 6.54 Å². The second-order valence-electron chi connectivity index (χ2n) is 8.02. The van der Waals surface area contributed by atoms with Crippen molar-refractivity contribution in [3.8, 4) is 11.4 Å². The minimum absolute atomic E-state index is 0. The fourth-order valence-corrected chi connectivity index (χ4v) is 4.25. The molecule has 0 bridgehead atoms. The SMILES string of the molecule is Cl.Cn1c2c(c3ccc(-n4ccc(OCc5ccc(C(F)(F)F)nc5)cc4=O)cc31)CNCC2. The van der Waals surface area contributed by atoms with Crippen LogP contribution in [-0.4, -0.2) is 20.7 Å². The first-order valence-electron chi connectivity index (χ1n) is 10.5. The van der Waals surface area contributed by atoms with Crippen molar-refractivity contribution in [2.45, 2.75) is 25.7 Å². The first kappa shape index (κ1) is 23.8. The number of halogens is 4. The molecule has 1 aliphatic rings. The quantitative estimate of drug-likeness (QED) is 0.461. The van der Waals surface area contributed by atoms with Gasteiger partial charge >= 0.3 is 6.18 Å². The van der Waals surface area contributed by atoms with E-state index in [0.717, 1.165) is 43.0 Å². The zero-order valence-electron chi connectivity index (χ0n) is 18.2. The number of nitrogens with one attached hydrogen (secondary N) is 1. The van der Waals surface area contributed by atoms with E-state index < -0.39 is 11.9 Å². The molecule has 3 aromatic heterocycles. The molecule has 0 spiro atoms. The highest BCUT2D eigenvalue weighted by molar-refractivity contribution is 5.87. The lowest BCUT2D eigenvalue weighted by atomic mass is 10.1. The summed E-state index contributed by atoms with van der Waals surface area (Å²) in [7, 11) is 2.05. The average molecular weight is 491 g/mol. The van der Waals surface area contributed by atoms with E-state index in [9.17, 15) is 18.0 Å². The maximum Gasteiger partial charge on any atom is 0.433 e. The minimum atomic E-state index is -4.48. The molecule has 6 nitrogen and oxygen atoms in total. The van der Waals surface area contributed by atoms with Crippen molar-refractivity contribution >= 4 is 23.3 Å². The Morgan fingerprint density at radius 2 is 1.97 bits per heavy atom. The number of hydrogen-bond donors (Lipinski definition) is 1. The Kier molecular flexibility index (Phi) is 6.42. The van der Waals surface area contributed by atoms with Crippen LogP contribution in [0, 0.1) is 0 Å². The summed E-state index contributed by atoms with van der Waals surface area (Å²) in [4.78, 5) is 16.2. The summed E-state index contributed by atoms with van der Waals surface area (Å²) in [6.07, 6.45) is -0.763. The fourth-order valence-electron chi connectivity index (χ4n) is 4.25. The van der Waals surface area contributed by atoms with Crippen LogP contribution in [0.4, 0.5) is 13.2 Å². The predicted molar refractivity (Wildman–Crippen MR) is 125 cm³/mol. The lowest BCUT2D eigenvalue weighted by Gasteiger charge is -2.14. The summed E-state index contributed by atoms with van der Waals surface area (Å²) in [5.41, 5.74) is 3.69. The van der Waals surface area contributed by atoms with Gasteiger partial charge in [0.05, 0.1) is 11.2 Å². The summed E-state index contributed by atoms with van der Waals surface area (Å²) in [5, 5.41) is 4.59. The van der Waals surface area contributed by atoms with Gasteiger partial charge in [-0.25, -0.2) is 0 Å². The Labute approximate surface area is 199 Å². The highest BCUT2D eigenvalue weighted by Gasteiger charge is 2.32. The normalized spacial score (nSPS) is 13.4. The number of aromatic nitrogens is 3. The van der Waals surface area contributed by atoms with Crippen molar-refractivity contribution < 1.29 is 17.9 Å². The summed E-state index contributed by atoms with van der Waals surface area (Å²) in [6, 6.07) is 11.2. The number of benzene rings is 1. The van der Waals surface area contributed by atoms with E-state index in [1.54, 1.807) is 12.3 Å². The second kappa shape index (κ2) is 9.15. The molecule has 4 aromatic rings. The van der Waals surface area contributed by atoms with E-state index in [2.05, 4.69) is 14.9 Å². The molecular formula is C24H22ClF3N4O2. The molecule has 0 radical (unpaired) electrons. The van der Waals surface area contributed by atoms with E-state index >= 15 is 0 Å². The van der Waals surface area contributed by atoms with Crippen molar-refractivity contribution in [2.24, 2.45) is 7.05 Å². The van der Waals surface area contributed by atoms with Crippen LogP contribution in [0.25, 0.3) is 16.6 Å². The van der Waals surface area contributed by atoms with Crippen LogP contribution < -0.4 is 15.6 Å². The summed E-state index contributed by atoms with van der Waals surface area (Å²) in [6.45, 7) is 1.80. The molecule has 178 valence electrons. The van der Waals surface area contributed by atoms with E-state index in [0.29, 0.717) is 11.3 Å². The first-order chi connectivity index (χ1) is 15.8. The number of pyridine rings is 2. The largest absolute Gasteiger partial charge is 0.489 e. The monoisotopic (exact) mass is 490 g/mol. The van der Waals surface area contributed by atoms with Gasteiger partial charge in [-0.05, 0) is 29.8 Å². The zero-order valence-corrected chi connectivity index (χ0v) is 19.0. The third kappa shape index (κ3) is 4.41. The van der Waals surface area contributed by atoms with Gasteiger partial charge < -0.3 is 14.6 Å². The molecule has 0 atom stereocenters. The number of nitrogens with zero attached hydrogens (tertiary/aromatic N) is 3. The van der Waals surface area contributed by atoms with Crippen molar-refractivity contribution in [3.05, 3.63) is 87.7 Å². The Bertz CT molecular complexity index is 1390. The number of rotatable bonds is 4. The van der Waals surface area contributed by atoms with Gasteiger partial charge in [-0.15, -0.1) is 12.4 Å². The molecule has 1 N–H and O–H groups in total. The highest BCUT2D eigenvalue weighted by Crippen LogP contribution is 2.29. The number of ether oxygens (including phenoxy) is 1. The predicted octanol–water partition coefficient (Wildman–Crippen LogP) is 4.39. The lowest BCUT2D eigenvalue weighted by molar-refractivity contribution is -0.141. The molecule has 0 aliphatic carbocycles. The highest BCUT2D eigenvalue weighted by atomic mass is 35.5. The smallest absolute Gasteiger partial charge is 0.433 e. The maximum atomic E-state index is 12.8. The standard InChI is InChI=1S/C24H21F3N4O2.ClH/c1-30-20-6-8-28-13-19(20)18-4-3-16(10-21(18)30)31-9-7-17(11-23(31)32)33-14-15-2-5-22(29-12-15)24(25,26)27;/h2-5,7,9-12,28H,6,8,13-14H2,1H3;1H. The van der Waals surface area contributed by atoms with Crippen LogP contribution in [0.2, 0.25) is 0 Å². The second-order valence-corrected chi connectivity index (χ2v) is 8.02. The van der Waals surface area contributed by atoms with Gasteiger partial charge in [0.25, 0.3) is 5.56 Å². The Balaban J connectivity index is 0.00000274. The van der Waals surface area contributed by atoms with Gasteiger partial charge in [-0.3, -0.25) is 14.3 Å². The number of fused-ring (bicyclic) bond motifs is 3. The van der Waals surface area contributed by atoms with E-state index in [-0.39, 0.29) is 24.6 Å². The molecule has 0 saturated carbocycles. The molecule has 1 aromatic carbocycles. The lowest BCUT2D eigenvalue weighted by Crippen LogP contribution is -2.24. The average Bonchev–Trinajstić information content (AvgIpc) is 3.09. The Morgan fingerprint density at radius 3 is 2.68 bits per heavy atom. The van der Waals surface area contributed by atoms with Gasteiger partial charge in [0.1, 0.15) is 18.1 Å². The molecule has 0 saturated heterocycles. The van der Waals surface area contributed by atoms with E-state index in [1.165, 1.54) is 33.3 Å². The number of alkyl halides is 3. The van der Waals surface area contributed by atoms with Crippen LogP contribution >= 0.6 is 12.4 Å². The number of hydrogen-bond acceptors (Lipinski definition) is 4.